The Hall–Kier alpha value is -0.870. The third-order valence-electron chi connectivity index (χ3n) is 2.16. The molecule has 0 bridgehead atoms. The molecule has 84 valence electrons. The van der Waals surface area contributed by atoms with E-state index in [1.165, 1.54) is 5.56 Å². The molecule has 2 aromatic rings. The minimum atomic E-state index is 0.541. The predicted molar refractivity (Wildman–Crippen MR) is 70.1 cm³/mol. The van der Waals surface area contributed by atoms with Crippen molar-refractivity contribution in [2.75, 3.05) is 0 Å². The summed E-state index contributed by atoms with van der Waals surface area (Å²) >= 11 is 5.09. The van der Waals surface area contributed by atoms with Gasteiger partial charge in [-0.05, 0) is 37.6 Å². The van der Waals surface area contributed by atoms with Crippen molar-refractivity contribution in [3.63, 3.8) is 0 Å². The van der Waals surface area contributed by atoms with Crippen LogP contribution in [0.1, 0.15) is 16.3 Å². The number of hydrogen-bond acceptors (Lipinski definition) is 3. The maximum atomic E-state index is 5.67. The van der Waals surface area contributed by atoms with Crippen LogP contribution in [-0.4, -0.2) is 4.98 Å². The average Bonchev–Trinajstić information content (AvgIpc) is 2.66. The lowest BCUT2D eigenvalue weighted by molar-refractivity contribution is 0.305. The number of halogens is 1. The van der Waals surface area contributed by atoms with Crippen molar-refractivity contribution in [1.82, 2.24) is 4.98 Å². The number of hydrogen-bond donors (Lipinski definition) is 0. The van der Waals surface area contributed by atoms with E-state index < -0.39 is 0 Å². The molecule has 0 aliphatic rings. The van der Waals surface area contributed by atoms with Gasteiger partial charge in [0.1, 0.15) is 17.4 Å². The van der Waals surface area contributed by atoms with Crippen LogP contribution in [0, 0.1) is 13.8 Å². The van der Waals surface area contributed by atoms with Crippen LogP contribution in [0.25, 0.3) is 0 Å². The topological polar surface area (TPSA) is 22.1 Å². The summed E-state index contributed by atoms with van der Waals surface area (Å²) in [6.45, 7) is 4.58. The van der Waals surface area contributed by atoms with Crippen molar-refractivity contribution in [2.24, 2.45) is 0 Å². The van der Waals surface area contributed by atoms with Crippen LogP contribution in [0.3, 0.4) is 0 Å². The van der Waals surface area contributed by atoms with E-state index >= 15 is 0 Å². The summed E-state index contributed by atoms with van der Waals surface area (Å²) in [5.74, 6) is 0.883. The lowest BCUT2D eigenvalue weighted by Crippen LogP contribution is -1.95. The SMILES string of the molecule is Cc1csc(COc2ccc(Br)c(C)c2)n1. The highest BCUT2D eigenvalue weighted by Gasteiger charge is 2.01. The maximum absolute atomic E-state index is 5.67. The van der Waals surface area contributed by atoms with Crippen LogP contribution in [0.15, 0.2) is 28.1 Å². The van der Waals surface area contributed by atoms with Gasteiger partial charge in [0, 0.05) is 15.5 Å². The number of aromatic nitrogens is 1. The summed E-state index contributed by atoms with van der Waals surface area (Å²) in [7, 11) is 0. The van der Waals surface area contributed by atoms with Crippen LogP contribution in [-0.2, 0) is 6.61 Å². The minimum Gasteiger partial charge on any atom is -0.486 e. The molecule has 2 nitrogen and oxygen atoms in total. The highest BCUT2D eigenvalue weighted by molar-refractivity contribution is 9.10. The van der Waals surface area contributed by atoms with Crippen LogP contribution >= 0.6 is 27.3 Å². The Kier molecular flexibility index (Phi) is 3.61. The first-order valence-electron chi connectivity index (χ1n) is 4.95. The summed E-state index contributed by atoms with van der Waals surface area (Å²) in [5, 5.41) is 3.05. The van der Waals surface area contributed by atoms with Crippen molar-refractivity contribution in [1.29, 1.82) is 0 Å². The normalized spacial score (nSPS) is 10.4. The number of aryl methyl sites for hydroxylation is 2. The smallest absolute Gasteiger partial charge is 0.140 e. The summed E-state index contributed by atoms with van der Waals surface area (Å²) < 4.78 is 6.77. The molecule has 0 saturated carbocycles. The molecule has 16 heavy (non-hydrogen) atoms. The zero-order valence-corrected chi connectivity index (χ0v) is 11.6. The highest BCUT2D eigenvalue weighted by Crippen LogP contribution is 2.22. The molecule has 1 heterocycles. The van der Waals surface area contributed by atoms with E-state index in [-0.39, 0.29) is 0 Å². The average molecular weight is 298 g/mol. The molecule has 0 amide bonds. The largest absolute Gasteiger partial charge is 0.486 e. The molecule has 0 unspecified atom stereocenters. The van der Waals surface area contributed by atoms with Gasteiger partial charge in [-0.2, -0.15) is 0 Å². The maximum Gasteiger partial charge on any atom is 0.140 e. The summed E-state index contributed by atoms with van der Waals surface area (Å²) in [6.07, 6.45) is 0. The van der Waals surface area contributed by atoms with Gasteiger partial charge >= 0.3 is 0 Å². The molecular weight excluding hydrogens is 286 g/mol. The molecule has 0 fully saturated rings. The first-order valence-corrected chi connectivity index (χ1v) is 6.62. The van der Waals surface area contributed by atoms with E-state index in [4.69, 9.17) is 4.74 Å². The Morgan fingerprint density at radius 3 is 2.81 bits per heavy atom. The van der Waals surface area contributed by atoms with Gasteiger partial charge in [-0.1, -0.05) is 15.9 Å². The van der Waals surface area contributed by atoms with Crippen molar-refractivity contribution >= 4 is 27.3 Å². The Morgan fingerprint density at radius 1 is 1.38 bits per heavy atom. The third kappa shape index (κ3) is 2.83. The van der Waals surface area contributed by atoms with E-state index in [0.29, 0.717) is 6.61 Å². The number of thiazole rings is 1. The molecule has 1 aromatic carbocycles. The minimum absolute atomic E-state index is 0.541. The quantitative estimate of drug-likeness (QED) is 0.851. The van der Waals surface area contributed by atoms with Gasteiger partial charge in [0.05, 0.1) is 0 Å². The van der Waals surface area contributed by atoms with E-state index in [9.17, 15) is 0 Å². The molecule has 0 N–H and O–H groups in total. The molecule has 0 aliphatic carbocycles. The van der Waals surface area contributed by atoms with Gasteiger partial charge < -0.3 is 4.74 Å². The Labute approximate surface area is 107 Å². The van der Waals surface area contributed by atoms with Gasteiger partial charge in [0.2, 0.25) is 0 Å². The monoisotopic (exact) mass is 297 g/mol. The van der Waals surface area contributed by atoms with Crippen molar-refractivity contribution in [2.45, 2.75) is 20.5 Å². The Balaban J connectivity index is 2.02. The zero-order valence-electron chi connectivity index (χ0n) is 9.16. The highest BCUT2D eigenvalue weighted by atomic mass is 79.9. The molecule has 1 aromatic heterocycles. The van der Waals surface area contributed by atoms with Gasteiger partial charge in [-0.25, -0.2) is 4.98 Å². The first kappa shape index (κ1) is 11.6. The van der Waals surface area contributed by atoms with E-state index in [0.717, 1.165) is 20.9 Å². The molecule has 0 atom stereocenters. The first-order chi connectivity index (χ1) is 7.65. The summed E-state index contributed by atoms with van der Waals surface area (Å²) in [5.41, 5.74) is 2.23. The Bertz CT molecular complexity index is 496. The third-order valence-corrected chi connectivity index (χ3v) is 3.99. The van der Waals surface area contributed by atoms with Gasteiger partial charge in [-0.3, -0.25) is 0 Å². The van der Waals surface area contributed by atoms with Gasteiger partial charge in [0.15, 0.2) is 0 Å². The fourth-order valence-electron chi connectivity index (χ4n) is 1.32. The molecule has 0 aliphatic heterocycles. The lowest BCUT2D eigenvalue weighted by Gasteiger charge is -2.05. The lowest BCUT2D eigenvalue weighted by atomic mass is 10.2. The molecule has 4 heteroatoms. The summed E-state index contributed by atoms with van der Waals surface area (Å²) in [4.78, 5) is 4.35. The molecule has 0 spiro atoms. The van der Waals surface area contributed by atoms with Gasteiger partial charge in [0.25, 0.3) is 0 Å². The van der Waals surface area contributed by atoms with Crippen LogP contribution in [0.5, 0.6) is 5.75 Å². The van der Waals surface area contributed by atoms with E-state index in [2.05, 4.69) is 20.9 Å². The molecule has 0 radical (unpaired) electrons. The predicted octanol–water partition coefficient (Wildman–Crippen LogP) is 4.10. The summed E-state index contributed by atoms with van der Waals surface area (Å²) in [6, 6.07) is 5.97. The standard InChI is InChI=1S/C12H12BrNOS/c1-8-5-10(3-4-11(8)13)15-6-12-14-9(2)7-16-12/h3-5,7H,6H2,1-2H3. The Morgan fingerprint density at radius 2 is 2.19 bits per heavy atom. The second-order valence-electron chi connectivity index (χ2n) is 3.58. The van der Waals surface area contributed by atoms with Crippen LogP contribution < -0.4 is 4.74 Å². The fraction of sp³-hybridized carbons (Fsp3) is 0.250. The van der Waals surface area contributed by atoms with Gasteiger partial charge in [-0.15, -0.1) is 11.3 Å². The van der Waals surface area contributed by atoms with Crippen LogP contribution in [0.2, 0.25) is 0 Å². The molecule has 2 rings (SSSR count). The molecule has 0 saturated heterocycles. The van der Waals surface area contributed by atoms with Crippen molar-refractivity contribution < 1.29 is 4.74 Å². The zero-order chi connectivity index (χ0) is 11.5. The van der Waals surface area contributed by atoms with E-state index in [1.807, 2.05) is 37.4 Å². The number of benzene rings is 1. The molecular formula is C12H12BrNOS. The fourth-order valence-corrected chi connectivity index (χ4v) is 2.25. The number of nitrogens with zero attached hydrogens (tertiary/aromatic N) is 1. The second-order valence-corrected chi connectivity index (χ2v) is 5.38. The second kappa shape index (κ2) is 4.97. The van der Waals surface area contributed by atoms with Crippen LogP contribution in [0.4, 0.5) is 0 Å². The number of rotatable bonds is 3. The van der Waals surface area contributed by atoms with Crippen molar-refractivity contribution in [3.05, 3.63) is 44.3 Å². The number of ether oxygens (including phenoxy) is 1. The van der Waals surface area contributed by atoms with Crippen molar-refractivity contribution in [3.8, 4) is 5.75 Å². The van der Waals surface area contributed by atoms with E-state index in [1.54, 1.807) is 11.3 Å².